The van der Waals surface area contributed by atoms with E-state index in [0.717, 1.165) is 6.42 Å². The van der Waals surface area contributed by atoms with E-state index in [1.807, 2.05) is 0 Å². The number of halogens is 1. The average molecular weight is 161 g/mol. The molecular formula is C8H13ClO. The summed E-state index contributed by atoms with van der Waals surface area (Å²) in [6, 6.07) is 0. The average Bonchev–Trinajstić information content (AvgIpc) is 2.67. The lowest BCUT2D eigenvalue weighted by molar-refractivity contribution is -0.118. The van der Waals surface area contributed by atoms with Gasteiger partial charge in [0.25, 0.3) is 0 Å². The van der Waals surface area contributed by atoms with Gasteiger partial charge in [-0.2, -0.15) is 0 Å². The Bertz CT molecular complexity index is 133. The first kappa shape index (κ1) is 8.06. The molecule has 0 aliphatic heterocycles. The smallest absolute Gasteiger partial charge is 0.150 e. The molecule has 10 heavy (non-hydrogen) atoms. The molecule has 58 valence electrons. The van der Waals surface area contributed by atoms with Gasteiger partial charge in [0.05, 0.1) is 5.88 Å². The molecule has 1 aliphatic carbocycles. The Morgan fingerprint density at radius 3 is 2.90 bits per heavy atom. The molecule has 2 heteroatoms. The highest BCUT2D eigenvalue weighted by Crippen LogP contribution is 2.42. The molecule has 0 amide bonds. The standard InChI is InChI=1S/C8H13ClO/c1-2-3-6-4-7(6)8(10)5-9/h6-7H,2-5H2,1H3. The van der Waals surface area contributed by atoms with Crippen LogP contribution >= 0.6 is 11.6 Å². The summed E-state index contributed by atoms with van der Waals surface area (Å²) >= 11 is 5.40. The van der Waals surface area contributed by atoms with E-state index in [2.05, 4.69) is 6.92 Å². The molecule has 0 radical (unpaired) electrons. The Morgan fingerprint density at radius 2 is 2.40 bits per heavy atom. The van der Waals surface area contributed by atoms with Crippen LogP contribution in [0.1, 0.15) is 26.2 Å². The number of hydrogen-bond donors (Lipinski definition) is 0. The summed E-state index contributed by atoms with van der Waals surface area (Å²) in [5.41, 5.74) is 0. The maximum atomic E-state index is 10.9. The third-order valence-electron chi connectivity index (χ3n) is 2.13. The van der Waals surface area contributed by atoms with Crippen molar-refractivity contribution in [3.05, 3.63) is 0 Å². The molecule has 1 nitrogen and oxygen atoms in total. The molecule has 2 unspecified atom stereocenters. The SMILES string of the molecule is CCCC1CC1C(=O)CCl. The first-order chi connectivity index (χ1) is 4.79. The zero-order valence-corrected chi connectivity index (χ0v) is 7.03. The van der Waals surface area contributed by atoms with E-state index in [1.165, 1.54) is 12.8 Å². The van der Waals surface area contributed by atoms with E-state index in [-0.39, 0.29) is 11.7 Å². The van der Waals surface area contributed by atoms with Crippen LogP contribution in [-0.4, -0.2) is 11.7 Å². The molecule has 0 aromatic rings. The lowest BCUT2D eigenvalue weighted by Gasteiger charge is -1.92. The molecule has 0 aromatic carbocycles. The van der Waals surface area contributed by atoms with Crippen molar-refractivity contribution in [3.8, 4) is 0 Å². The summed E-state index contributed by atoms with van der Waals surface area (Å²) < 4.78 is 0. The van der Waals surface area contributed by atoms with E-state index in [1.54, 1.807) is 0 Å². The maximum Gasteiger partial charge on any atom is 0.150 e. The van der Waals surface area contributed by atoms with Crippen LogP contribution in [-0.2, 0) is 4.79 Å². The van der Waals surface area contributed by atoms with Gasteiger partial charge in [0.15, 0.2) is 5.78 Å². The van der Waals surface area contributed by atoms with Gasteiger partial charge in [-0.05, 0) is 18.8 Å². The molecule has 0 bridgehead atoms. The summed E-state index contributed by atoms with van der Waals surface area (Å²) in [4.78, 5) is 10.9. The van der Waals surface area contributed by atoms with E-state index in [9.17, 15) is 4.79 Å². The Kier molecular flexibility index (Phi) is 2.72. The Balaban J connectivity index is 2.18. The van der Waals surface area contributed by atoms with Gasteiger partial charge in [0.2, 0.25) is 0 Å². The zero-order valence-electron chi connectivity index (χ0n) is 6.27. The molecule has 0 heterocycles. The van der Waals surface area contributed by atoms with Gasteiger partial charge in [-0.1, -0.05) is 13.3 Å². The summed E-state index contributed by atoms with van der Waals surface area (Å²) in [5.74, 6) is 1.47. The second-order valence-electron chi connectivity index (χ2n) is 2.99. The normalized spacial score (nSPS) is 30.2. The van der Waals surface area contributed by atoms with Crippen LogP contribution in [0.5, 0.6) is 0 Å². The minimum Gasteiger partial charge on any atom is -0.298 e. The van der Waals surface area contributed by atoms with Gasteiger partial charge in [-0.3, -0.25) is 4.79 Å². The number of hydrogen-bond acceptors (Lipinski definition) is 1. The fourth-order valence-electron chi connectivity index (χ4n) is 1.43. The summed E-state index contributed by atoms with van der Waals surface area (Å²) in [5, 5.41) is 0. The fraction of sp³-hybridized carbons (Fsp3) is 0.875. The maximum absolute atomic E-state index is 10.9. The van der Waals surface area contributed by atoms with Crippen LogP contribution < -0.4 is 0 Å². The second-order valence-corrected chi connectivity index (χ2v) is 3.26. The van der Waals surface area contributed by atoms with Crippen molar-refractivity contribution in [3.63, 3.8) is 0 Å². The molecule has 0 saturated heterocycles. The zero-order chi connectivity index (χ0) is 7.56. The van der Waals surface area contributed by atoms with Crippen LogP contribution in [0.15, 0.2) is 0 Å². The van der Waals surface area contributed by atoms with Gasteiger partial charge in [0, 0.05) is 5.92 Å². The molecule has 1 saturated carbocycles. The molecular weight excluding hydrogens is 148 g/mol. The number of rotatable bonds is 4. The molecule has 1 fully saturated rings. The van der Waals surface area contributed by atoms with Crippen LogP contribution in [0.3, 0.4) is 0 Å². The number of Topliss-reactive ketones (excluding diaryl/α,β-unsaturated/α-hetero) is 1. The van der Waals surface area contributed by atoms with Gasteiger partial charge in [0.1, 0.15) is 0 Å². The van der Waals surface area contributed by atoms with Crippen molar-refractivity contribution in [1.82, 2.24) is 0 Å². The largest absolute Gasteiger partial charge is 0.298 e. The predicted octanol–water partition coefficient (Wildman–Crippen LogP) is 2.23. The Labute approximate surface area is 66.8 Å². The quantitative estimate of drug-likeness (QED) is 0.577. The van der Waals surface area contributed by atoms with E-state index < -0.39 is 0 Å². The van der Waals surface area contributed by atoms with E-state index in [4.69, 9.17) is 11.6 Å². The number of carbonyl (C=O) groups is 1. The molecule has 1 aliphatic rings. The van der Waals surface area contributed by atoms with E-state index >= 15 is 0 Å². The molecule has 0 N–H and O–H groups in total. The van der Waals surface area contributed by atoms with Crippen molar-refractivity contribution in [2.24, 2.45) is 11.8 Å². The van der Waals surface area contributed by atoms with Crippen LogP contribution in [0, 0.1) is 11.8 Å². The number of carbonyl (C=O) groups excluding carboxylic acids is 1. The topological polar surface area (TPSA) is 17.1 Å². The van der Waals surface area contributed by atoms with Crippen molar-refractivity contribution in [1.29, 1.82) is 0 Å². The lowest BCUT2D eigenvalue weighted by atomic mass is 10.2. The van der Waals surface area contributed by atoms with Crippen LogP contribution in [0.4, 0.5) is 0 Å². The highest BCUT2D eigenvalue weighted by Gasteiger charge is 2.40. The van der Waals surface area contributed by atoms with Crippen molar-refractivity contribution in [2.75, 3.05) is 5.88 Å². The van der Waals surface area contributed by atoms with Crippen molar-refractivity contribution in [2.45, 2.75) is 26.2 Å². The second kappa shape index (κ2) is 3.38. The monoisotopic (exact) mass is 160 g/mol. The van der Waals surface area contributed by atoms with Gasteiger partial charge in [-0.15, -0.1) is 11.6 Å². The van der Waals surface area contributed by atoms with Crippen LogP contribution in [0.25, 0.3) is 0 Å². The van der Waals surface area contributed by atoms with Gasteiger partial charge in [-0.25, -0.2) is 0 Å². The molecule has 0 spiro atoms. The number of ketones is 1. The van der Waals surface area contributed by atoms with Gasteiger partial charge >= 0.3 is 0 Å². The molecule has 0 aromatic heterocycles. The van der Waals surface area contributed by atoms with Crippen molar-refractivity contribution < 1.29 is 4.79 Å². The lowest BCUT2D eigenvalue weighted by Crippen LogP contribution is -2.03. The Hall–Kier alpha value is -0.0400. The third-order valence-corrected chi connectivity index (χ3v) is 2.39. The minimum atomic E-state index is 0.213. The third kappa shape index (κ3) is 1.72. The fourth-order valence-corrected chi connectivity index (χ4v) is 1.63. The first-order valence-corrected chi connectivity index (χ1v) is 4.41. The first-order valence-electron chi connectivity index (χ1n) is 3.88. The van der Waals surface area contributed by atoms with Crippen LogP contribution in [0.2, 0.25) is 0 Å². The summed E-state index contributed by atoms with van der Waals surface area (Å²) in [6.45, 7) is 2.15. The Morgan fingerprint density at radius 1 is 1.70 bits per heavy atom. The number of alkyl halides is 1. The predicted molar refractivity (Wildman–Crippen MR) is 42.2 cm³/mol. The minimum absolute atomic E-state index is 0.213. The highest BCUT2D eigenvalue weighted by atomic mass is 35.5. The molecule has 1 rings (SSSR count). The van der Waals surface area contributed by atoms with Gasteiger partial charge < -0.3 is 0 Å². The molecule has 2 atom stereocenters. The summed E-state index contributed by atoms with van der Waals surface area (Å²) in [7, 11) is 0. The highest BCUT2D eigenvalue weighted by molar-refractivity contribution is 6.28. The summed E-state index contributed by atoms with van der Waals surface area (Å²) in [6.07, 6.45) is 3.49. The van der Waals surface area contributed by atoms with E-state index in [0.29, 0.717) is 11.8 Å². The van der Waals surface area contributed by atoms with Crippen molar-refractivity contribution >= 4 is 17.4 Å².